The summed E-state index contributed by atoms with van der Waals surface area (Å²) in [6.07, 6.45) is 4.21. The molecule has 9 nitrogen and oxygen atoms in total. The van der Waals surface area contributed by atoms with Crippen molar-refractivity contribution in [3.05, 3.63) is 29.8 Å². The highest BCUT2D eigenvalue weighted by Gasteiger charge is 2.33. The molecular formula is C24H37N5O4. The molecule has 0 bridgehead atoms. The van der Waals surface area contributed by atoms with Gasteiger partial charge in [0.2, 0.25) is 11.8 Å². The molecule has 182 valence electrons. The van der Waals surface area contributed by atoms with Crippen LogP contribution < -0.4 is 16.4 Å². The van der Waals surface area contributed by atoms with E-state index in [2.05, 4.69) is 15.5 Å². The van der Waals surface area contributed by atoms with Crippen LogP contribution in [0.5, 0.6) is 0 Å². The van der Waals surface area contributed by atoms with Crippen molar-refractivity contribution in [3.63, 3.8) is 0 Å². The Hall–Kier alpha value is -2.65. The van der Waals surface area contributed by atoms with Crippen LogP contribution in [0.25, 0.3) is 0 Å². The third-order valence-electron chi connectivity index (χ3n) is 7.02. The number of carbonyl (C=O) groups is 3. The Morgan fingerprint density at radius 3 is 2.21 bits per heavy atom. The molecule has 0 radical (unpaired) electrons. The average molecular weight is 460 g/mol. The number of nitrogens with one attached hydrogen (secondary N) is 2. The van der Waals surface area contributed by atoms with E-state index in [0.29, 0.717) is 18.8 Å². The molecule has 1 saturated carbocycles. The van der Waals surface area contributed by atoms with Gasteiger partial charge in [-0.1, -0.05) is 38.3 Å². The molecule has 0 aromatic heterocycles. The molecule has 3 rings (SSSR count). The maximum Gasteiger partial charge on any atom is 0.405 e. The minimum absolute atomic E-state index is 0.182. The quantitative estimate of drug-likeness (QED) is 0.494. The molecule has 1 aromatic rings. The summed E-state index contributed by atoms with van der Waals surface area (Å²) in [5, 5.41) is 14.6. The maximum atomic E-state index is 13.1. The molecule has 5 N–H and O–H groups in total. The van der Waals surface area contributed by atoms with E-state index < -0.39 is 18.2 Å². The number of hydrogen-bond donors (Lipinski definition) is 4. The standard InChI is InChI=1S/C24H37N5O4/c1-16(21(27-24(32)33)23(31)29-14-12-28(2)13-15-29)17-8-10-19(11-9-17)26-22(30)20(25)18-6-4-3-5-7-18/h8-11,16,18,20-21,27H,3-7,12-15,25H2,1-2H3,(H,26,30)(H,32,33)/t16-,20-,21+/m0/s1. The molecule has 0 unspecified atom stereocenters. The van der Waals surface area contributed by atoms with Crippen molar-refractivity contribution < 1.29 is 19.5 Å². The number of benzene rings is 1. The zero-order valence-corrected chi connectivity index (χ0v) is 19.6. The van der Waals surface area contributed by atoms with E-state index in [1.807, 2.05) is 26.1 Å². The van der Waals surface area contributed by atoms with Crippen LogP contribution in [-0.2, 0) is 9.59 Å². The van der Waals surface area contributed by atoms with Crippen LogP contribution in [0.1, 0.15) is 50.5 Å². The molecule has 3 amide bonds. The van der Waals surface area contributed by atoms with Crippen molar-refractivity contribution in [2.24, 2.45) is 11.7 Å². The van der Waals surface area contributed by atoms with Gasteiger partial charge in [-0.15, -0.1) is 0 Å². The summed E-state index contributed by atoms with van der Waals surface area (Å²) in [5.74, 6) is -0.545. The number of nitrogens with zero attached hydrogens (tertiary/aromatic N) is 2. The number of hydrogen-bond acceptors (Lipinski definition) is 5. The van der Waals surface area contributed by atoms with Crippen LogP contribution in [0.4, 0.5) is 10.5 Å². The van der Waals surface area contributed by atoms with Gasteiger partial charge in [0.05, 0.1) is 6.04 Å². The molecular weight excluding hydrogens is 422 g/mol. The molecule has 2 aliphatic rings. The molecule has 1 aliphatic carbocycles. The molecule has 1 aliphatic heterocycles. The van der Waals surface area contributed by atoms with Gasteiger partial charge in [-0.05, 0) is 43.5 Å². The molecule has 0 spiro atoms. The third kappa shape index (κ3) is 6.68. The number of rotatable bonds is 7. The first-order chi connectivity index (χ1) is 15.8. The topological polar surface area (TPSA) is 128 Å². The van der Waals surface area contributed by atoms with E-state index in [-0.39, 0.29) is 23.7 Å². The molecule has 3 atom stereocenters. The summed E-state index contributed by atoms with van der Waals surface area (Å²) in [5.41, 5.74) is 7.64. The number of amides is 3. The zero-order valence-electron chi connectivity index (χ0n) is 19.6. The van der Waals surface area contributed by atoms with Crippen LogP contribution in [0.3, 0.4) is 0 Å². The average Bonchev–Trinajstić information content (AvgIpc) is 2.82. The lowest BCUT2D eigenvalue weighted by Gasteiger charge is -2.36. The second kappa shape index (κ2) is 11.5. The lowest BCUT2D eigenvalue weighted by Crippen LogP contribution is -2.55. The van der Waals surface area contributed by atoms with Crippen molar-refractivity contribution in [2.75, 3.05) is 38.5 Å². The number of carbonyl (C=O) groups excluding carboxylic acids is 2. The maximum absolute atomic E-state index is 13.1. The number of anilines is 1. The van der Waals surface area contributed by atoms with Gasteiger partial charge in [0, 0.05) is 37.8 Å². The first-order valence-electron chi connectivity index (χ1n) is 11.9. The highest BCUT2D eigenvalue weighted by atomic mass is 16.4. The van der Waals surface area contributed by atoms with Crippen LogP contribution in [0.15, 0.2) is 24.3 Å². The molecule has 33 heavy (non-hydrogen) atoms. The van der Waals surface area contributed by atoms with Crippen molar-refractivity contribution in [1.82, 2.24) is 15.1 Å². The lowest BCUT2D eigenvalue weighted by atomic mass is 9.84. The van der Waals surface area contributed by atoms with Crippen LogP contribution in [0.2, 0.25) is 0 Å². The van der Waals surface area contributed by atoms with Gasteiger partial charge in [-0.2, -0.15) is 0 Å². The molecule has 1 saturated heterocycles. The van der Waals surface area contributed by atoms with Crippen LogP contribution in [-0.4, -0.2) is 78.1 Å². The second-order valence-corrected chi connectivity index (χ2v) is 9.38. The zero-order chi connectivity index (χ0) is 24.0. The van der Waals surface area contributed by atoms with Gasteiger partial charge in [0.15, 0.2) is 0 Å². The number of piperazine rings is 1. The van der Waals surface area contributed by atoms with E-state index >= 15 is 0 Å². The number of nitrogens with two attached hydrogens (primary N) is 1. The van der Waals surface area contributed by atoms with Gasteiger partial charge < -0.3 is 31.3 Å². The first kappa shape index (κ1) is 25.0. The van der Waals surface area contributed by atoms with Gasteiger partial charge >= 0.3 is 6.09 Å². The van der Waals surface area contributed by atoms with Gasteiger partial charge in [-0.3, -0.25) is 9.59 Å². The fourth-order valence-corrected chi connectivity index (χ4v) is 4.75. The van der Waals surface area contributed by atoms with Gasteiger partial charge in [-0.25, -0.2) is 4.79 Å². The summed E-state index contributed by atoms with van der Waals surface area (Å²) in [4.78, 5) is 41.0. The first-order valence-corrected chi connectivity index (χ1v) is 11.9. The Bertz CT molecular complexity index is 817. The van der Waals surface area contributed by atoms with Crippen molar-refractivity contribution in [2.45, 2.75) is 57.0 Å². The number of likely N-dealkylation sites (N-methyl/N-ethyl adjacent to an activating group) is 1. The van der Waals surface area contributed by atoms with Crippen molar-refractivity contribution >= 4 is 23.6 Å². The van der Waals surface area contributed by atoms with Crippen molar-refractivity contribution in [3.8, 4) is 0 Å². The van der Waals surface area contributed by atoms with Crippen LogP contribution >= 0.6 is 0 Å². The Kier molecular flexibility index (Phi) is 8.68. The summed E-state index contributed by atoms with van der Waals surface area (Å²) in [7, 11) is 2.00. The Balaban J connectivity index is 1.64. The van der Waals surface area contributed by atoms with Gasteiger partial charge in [0.25, 0.3) is 0 Å². The number of carboxylic acid groups (broad SMARTS) is 1. The van der Waals surface area contributed by atoms with E-state index in [0.717, 1.165) is 44.3 Å². The fraction of sp³-hybridized carbons (Fsp3) is 0.625. The Labute approximate surface area is 195 Å². The minimum atomic E-state index is -1.23. The predicted octanol–water partition coefficient (Wildman–Crippen LogP) is 2.05. The summed E-state index contributed by atoms with van der Waals surface area (Å²) in [6, 6.07) is 5.78. The van der Waals surface area contributed by atoms with E-state index in [4.69, 9.17) is 5.73 Å². The second-order valence-electron chi connectivity index (χ2n) is 9.38. The Morgan fingerprint density at radius 2 is 1.64 bits per heavy atom. The van der Waals surface area contributed by atoms with E-state index in [9.17, 15) is 19.5 Å². The normalized spacial score (nSPS) is 20.5. The van der Waals surface area contributed by atoms with Gasteiger partial charge in [0.1, 0.15) is 6.04 Å². The monoisotopic (exact) mass is 459 g/mol. The predicted molar refractivity (Wildman–Crippen MR) is 127 cm³/mol. The highest BCUT2D eigenvalue weighted by molar-refractivity contribution is 5.95. The smallest absolute Gasteiger partial charge is 0.405 e. The highest BCUT2D eigenvalue weighted by Crippen LogP contribution is 2.27. The summed E-state index contributed by atoms with van der Waals surface area (Å²) in [6.45, 7) is 4.51. The van der Waals surface area contributed by atoms with E-state index in [1.165, 1.54) is 6.42 Å². The lowest BCUT2D eigenvalue weighted by molar-refractivity contribution is -0.135. The van der Waals surface area contributed by atoms with Crippen LogP contribution in [0, 0.1) is 5.92 Å². The van der Waals surface area contributed by atoms with Crippen molar-refractivity contribution in [1.29, 1.82) is 0 Å². The molecule has 2 fully saturated rings. The SMILES string of the molecule is C[C@@H](c1ccc(NC(=O)[C@@H](N)C2CCCCC2)cc1)[C@@H](NC(=O)O)C(=O)N1CCN(C)CC1. The van der Waals surface area contributed by atoms with E-state index in [1.54, 1.807) is 17.0 Å². The third-order valence-corrected chi connectivity index (χ3v) is 7.02. The molecule has 9 heteroatoms. The molecule has 1 aromatic carbocycles. The largest absolute Gasteiger partial charge is 0.465 e. The fourth-order valence-electron chi connectivity index (χ4n) is 4.75. The minimum Gasteiger partial charge on any atom is -0.465 e. The molecule has 1 heterocycles. The Morgan fingerprint density at radius 1 is 1.03 bits per heavy atom. The summed E-state index contributed by atoms with van der Waals surface area (Å²) >= 11 is 0. The summed E-state index contributed by atoms with van der Waals surface area (Å²) < 4.78 is 0.